The monoisotopic (exact) mass is 205 g/mol. The van der Waals surface area contributed by atoms with Gasteiger partial charge in [0.2, 0.25) is 0 Å². The third kappa shape index (κ3) is 22.5. The molecule has 0 aromatic heterocycles. The smallest absolute Gasteiger partial charge is 0.0505 e. The summed E-state index contributed by atoms with van der Waals surface area (Å²) in [7, 11) is 0. The molecule has 14 heavy (non-hydrogen) atoms. The molecule has 0 aliphatic carbocycles. The van der Waals surface area contributed by atoms with Crippen LogP contribution in [-0.4, -0.2) is 12.3 Å². The Balaban J connectivity index is -0.0000000217. The fourth-order valence-electron chi connectivity index (χ4n) is 0.594. The lowest BCUT2D eigenvalue weighted by Crippen LogP contribution is -1.97. The molecule has 0 amide bonds. The minimum absolute atomic E-state index is 0. The first-order chi connectivity index (χ1) is 4.39. The molecule has 0 spiro atoms. The molecule has 1 atom stereocenters. The summed E-state index contributed by atoms with van der Waals surface area (Å²) in [6.45, 7) is 6.11. The molecular weight excluding hydrogens is 170 g/mol. The lowest BCUT2D eigenvalue weighted by atomic mass is 10.2. The first-order valence-corrected chi connectivity index (χ1v) is 3.58. The van der Waals surface area contributed by atoms with Crippen molar-refractivity contribution in [3.05, 3.63) is 12.2 Å². The highest BCUT2D eigenvalue weighted by molar-refractivity contribution is 5.72. The largest absolute Gasteiger partial charge is 0.290 e. The predicted molar refractivity (Wildman–Crippen MR) is 76.7 cm³/mol. The highest BCUT2D eigenvalue weighted by Crippen LogP contribution is 1.99. The van der Waals surface area contributed by atoms with Crippen LogP contribution in [0.15, 0.2) is 17.1 Å². The van der Waals surface area contributed by atoms with Crippen molar-refractivity contribution in [3.8, 4) is 0 Å². The van der Waals surface area contributed by atoms with E-state index >= 15 is 0 Å². The van der Waals surface area contributed by atoms with Crippen molar-refractivity contribution in [3.63, 3.8) is 0 Å². The van der Waals surface area contributed by atoms with Gasteiger partial charge in [-0.15, -0.1) is 0 Å². The minimum Gasteiger partial charge on any atom is -0.290 e. The van der Waals surface area contributed by atoms with Gasteiger partial charge in [0.1, 0.15) is 0 Å². The van der Waals surface area contributed by atoms with E-state index in [1.807, 2.05) is 26.1 Å². The number of rotatable bonds is 0. The van der Waals surface area contributed by atoms with Crippen LogP contribution in [0.2, 0.25) is 0 Å². The second-order valence-electron chi connectivity index (χ2n) is 1.81. The van der Waals surface area contributed by atoms with Gasteiger partial charge >= 0.3 is 0 Å². The maximum Gasteiger partial charge on any atom is 0.0505 e. The Kier molecular flexibility index (Phi) is 79.1. The molecule has 1 unspecified atom stereocenters. The average molecular weight is 205 g/mol. The van der Waals surface area contributed by atoms with Crippen LogP contribution in [0, 0.1) is 0 Å². The standard InChI is InChI=1S/C6H9N.C2H6.5CH4/c1-6-4-2-3-5-7-6;1-2;;;;;/h2-3,5-6H,4H2,1H3;1-2H3;5*1H4. The summed E-state index contributed by atoms with van der Waals surface area (Å²) in [6, 6.07) is 0.519. The Morgan fingerprint density at radius 2 is 1.43 bits per heavy atom. The van der Waals surface area contributed by atoms with E-state index < -0.39 is 0 Å². The maximum absolute atomic E-state index is 4.12. The SMILES string of the molecule is C.C.C.C.C.CC.CC1CC=CC=N1. The van der Waals surface area contributed by atoms with Gasteiger partial charge in [-0.3, -0.25) is 4.99 Å². The molecule has 0 radical (unpaired) electrons. The minimum atomic E-state index is 0. The molecule has 0 saturated heterocycles. The normalized spacial score (nSPS) is 14.6. The molecule has 0 bridgehead atoms. The molecule has 0 fully saturated rings. The Morgan fingerprint density at radius 1 is 1.00 bits per heavy atom. The Labute approximate surface area is 94.4 Å². The third-order valence-electron chi connectivity index (χ3n) is 1.04. The maximum atomic E-state index is 4.12. The van der Waals surface area contributed by atoms with Crippen LogP contribution in [-0.2, 0) is 0 Å². The van der Waals surface area contributed by atoms with Gasteiger partial charge in [-0.2, -0.15) is 0 Å². The fourth-order valence-corrected chi connectivity index (χ4v) is 0.594. The van der Waals surface area contributed by atoms with Crippen LogP contribution in [0.5, 0.6) is 0 Å². The quantitative estimate of drug-likeness (QED) is 0.487. The average Bonchev–Trinajstić information content (AvgIpc) is 1.94. The van der Waals surface area contributed by atoms with Crippen molar-refractivity contribution >= 4 is 6.21 Å². The van der Waals surface area contributed by atoms with Crippen LogP contribution in [0.25, 0.3) is 0 Å². The Hall–Kier alpha value is -0.590. The van der Waals surface area contributed by atoms with Gasteiger partial charge in [0.05, 0.1) is 6.04 Å². The number of dihydropyridines is 1. The summed E-state index contributed by atoms with van der Waals surface area (Å²) in [5.41, 5.74) is 0. The van der Waals surface area contributed by atoms with Crippen molar-refractivity contribution in [1.29, 1.82) is 0 Å². The topological polar surface area (TPSA) is 12.4 Å². The van der Waals surface area contributed by atoms with Crippen molar-refractivity contribution in [2.45, 2.75) is 70.4 Å². The zero-order valence-corrected chi connectivity index (χ0v) is 6.46. The molecule has 92 valence electrons. The van der Waals surface area contributed by atoms with Crippen LogP contribution in [0.4, 0.5) is 0 Å². The lowest BCUT2D eigenvalue weighted by Gasteiger charge is -2.02. The third-order valence-corrected chi connectivity index (χ3v) is 1.04. The number of aliphatic imine (C=N–C) groups is 1. The highest BCUT2D eigenvalue weighted by atomic mass is 14.7. The molecule has 0 aromatic rings. The van der Waals surface area contributed by atoms with Gasteiger partial charge < -0.3 is 0 Å². The first kappa shape index (κ1) is 37.6. The zero-order valence-electron chi connectivity index (χ0n) is 6.46. The van der Waals surface area contributed by atoms with Crippen LogP contribution in [0.3, 0.4) is 0 Å². The molecule has 0 aromatic carbocycles. The molecule has 1 aliphatic heterocycles. The first-order valence-electron chi connectivity index (χ1n) is 3.58. The van der Waals surface area contributed by atoms with E-state index in [-0.39, 0.29) is 37.1 Å². The van der Waals surface area contributed by atoms with Gasteiger partial charge in [-0.05, 0) is 19.4 Å². The molecule has 0 N–H and O–H groups in total. The Morgan fingerprint density at radius 3 is 1.57 bits per heavy atom. The van der Waals surface area contributed by atoms with E-state index in [4.69, 9.17) is 0 Å². The summed E-state index contributed by atoms with van der Waals surface area (Å²) < 4.78 is 0. The van der Waals surface area contributed by atoms with Crippen molar-refractivity contribution in [1.82, 2.24) is 0 Å². The van der Waals surface area contributed by atoms with Crippen LogP contribution < -0.4 is 0 Å². The molecular formula is C13H35N. The number of allylic oxidation sites excluding steroid dienone is 1. The summed E-state index contributed by atoms with van der Waals surface area (Å²) in [4.78, 5) is 4.12. The zero-order chi connectivity index (χ0) is 7.11. The predicted octanol–water partition coefficient (Wildman–Crippen LogP) is 5.61. The second kappa shape index (κ2) is 29.4. The van der Waals surface area contributed by atoms with E-state index in [0.29, 0.717) is 6.04 Å². The molecule has 1 rings (SSSR count). The van der Waals surface area contributed by atoms with Gasteiger partial charge in [0.15, 0.2) is 0 Å². The number of hydrogen-bond donors (Lipinski definition) is 0. The van der Waals surface area contributed by atoms with Gasteiger partial charge in [-0.25, -0.2) is 0 Å². The van der Waals surface area contributed by atoms with Crippen molar-refractivity contribution < 1.29 is 0 Å². The lowest BCUT2D eigenvalue weighted by molar-refractivity contribution is 0.757. The number of nitrogens with zero attached hydrogens (tertiary/aromatic N) is 1. The Bertz CT molecular complexity index is 104. The molecule has 1 nitrogen and oxygen atoms in total. The van der Waals surface area contributed by atoms with Crippen LogP contribution >= 0.6 is 0 Å². The summed E-state index contributed by atoms with van der Waals surface area (Å²) >= 11 is 0. The fraction of sp³-hybridized carbons (Fsp3) is 0.769. The highest BCUT2D eigenvalue weighted by Gasteiger charge is 1.94. The molecule has 1 heterocycles. The van der Waals surface area contributed by atoms with Crippen molar-refractivity contribution in [2.24, 2.45) is 4.99 Å². The summed E-state index contributed by atoms with van der Waals surface area (Å²) in [5, 5.41) is 0. The van der Waals surface area contributed by atoms with E-state index in [0.717, 1.165) is 6.42 Å². The van der Waals surface area contributed by atoms with E-state index in [2.05, 4.69) is 18.0 Å². The molecule has 1 heteroatoms. The van der Waals surface area contributed by atoms with E-state index in [9.17, 15) is 0 Å². The number of hydrogen-bond acceptors (Lipinski definition) is 1. The van der Waals surface area contributed by atoms with Crippen molar-refractivity contribution in [2.75, 3.05) is 0 Å². The van der Waals surface area contributed by atoms with E-state index in [1.54, 1.807) is 0 Å². The summed E-state index contributed by atoms with van der Waals surface area (Å²) in [5.74, 6) is 0. The molecule has 0 saturated carbocycles. The molecule has 1 aliphatic rings. The van der Waals surface area contributed by atoms with Gasteiger partial charge in [0, 0.05) is 6.21 Å². The van der Waals surface area contributed by atoms with Gasteiger partial charge in [0.25, 0.3) is 0 Å². The summed E-state index contributed by atoms with van der Waals surface area (Å²) in [6.07, 6.45) is 7.09. The van der Waals surface area contributed by atoms with Crippen LogP contribution in [0.1, 0.15) is 64.3 Å². The van der Waals surface area contributed by atoms with E-state index in [1.165, 1.54) is 0 Å². The van der Waals surface area contributed by atoms with Gasteiger partial charge in [-0.1, -0.05) is 57.1 Å². The second-order valence-corrected chi connectivity index (χ2v) is 1.81.